The Bertz CT molecular complexity index is 294. The van der Waals surface area contributed by atoms with Gasteiger partial charge in [0.05, 0.1) is 0 Å². The fourth-order valence-corrected chi connectivity index (χ4v) is 2.61. The summed E-state index contributed by atoms with van der Waals surface area (Å²) in [6.07, 6.45) is 26.3. The molecule has 0 fully saturated rings. The van der Waals surface area contributed by atoms with Crippen molar-refractivity contribution in [3.63, 3.8) is 0 Å². The molecule has 22 heavy (non-hydrogen) atoms. The molecule has 0 saturated carbocycles. The second-order valence-corrected chi connectivity index (χ2v) is 6.22. The van der Waals surface area contributed by atoms with Crippen molar-refractivity contribution in [3.05, 3.63) is 24.3 Å². The van der Waals surface area contributed by atoms with Gasteiger partial charge in [0.15, 0.2) is 0 Å². The SMILES string of the molecule is CCCCCCCCCCCCCCC/C=C/C=C/C(N)=O. The number of unbranched alkanes of at least 4 members (excludes halogenated alkanes) is 13. The van der Waals surface area contributed by atoms with E-state index in [4.69, 9.17) is 5.73 Å². The Hall–Kier alpha value is -1.05. The van der Waals surface area contributed by atoms with E-state index in [1.165, 1.54) is 89.5 Å². The molecule has 0 atom stereocenters. The van der Waals surface area contributed by atoms with Gasteiger partial charge in [-0.25, -0.2) is 0 Å². The molecule has 128 valence electrons. The summed E-state index contributed by atoms with van der Waals surface area (Å²) in [7, 11) is 0. The molecule has 0 radical (unpaired) electrons. The minimum atomic E-state index is -0.384. The van der Waals surface area contributed by atoms with Gasteiger partial charge < -0.3 is 5.73 Å². The summed E-state index contributed by atoms with van der Waals surface area (Å²) in [5, 5.41) is 0. The van der Waals surface area contributed by atoms with Crippen molar-refractivity contribution in [2.75, 3.05) is 0 Å². The van der Waals surface area contributed by atoms with Crippen LogP contribution in [0.15, 0.2) is 24.3 Å². The number of nitrogens with two attached hydrogens (primary N) is 1. The van der Waals surface area contributed by atoms with Gasteiger partial charge in [0.25, 0.3) is 0 Å². The van der Waals surface area contributed by atoms with Gasteiger partial charge in [-0.15, -0.1) is 0 Å². The molecule has 0 aromatic rings. The molecular formula is C20H37NO. The van der Waals surface area contributed by atoms with Crippen LogP contribution in [-0.2, 0) is 4.79 Å². The minimum Gasteiger partial charge on any atom is -0.366 e. The van der Waals surface area contributed by atoms with Crippen LogP contribution in [0.1, 0.15) is 96.8 Å². The molecular weight excluding hydrogens is 270 g/mol. The summed E-state index contributed by atoms with van der Waals surface area (Å²) in [5.74, 6) is -0.384. The van der Waals surface area contributed by atoms with Crippen LogP contribution in [0.3, 0.4) is 0 Å². The van der Waals surface area contributed by atoms with Crippen molar-refractivity contribution < 1.29 is 4.79 Å². The molecule has 0 bridgehead atoms. The fourth-order valence-electron chi connectivity index (χ4n) is 2.61. The third-order valence-electron chi connectivity index (χ3n) is 3.98. The molecule has 1 amide bonds. The molecule has 0 aliphatic heterocycles. The van der Waals surface area contributed by atoms with Crippen LogP contribution in [0, 0.1) is 0 Å². The van der Waals surface area contributed by atoms with Crippen molar-refractivity contribution in [1.82, 2.24) is 0 Å². The third kappa shape index (κ3) is 18.9. The number of carbonyl (C=O) groups is 1. The summed E-state index contributed by atoms with van der Waals surface area (Å²) >= 11 is 0. The molecule has 0 aliphatic rings. The van der Waals surface area contributed by atoms with Crippen LogP contribution in [0.4, 0.5) is 0 Å². The maximum atomic E-state index is 10.5. The zero-order chi connectivity index (χ0) is 16.3. The maximum Gasteiger partial charge on any atom is 0.241 e. The van der Waals surface area contributed by atoms with Gasteiger partial charge in [0, 0.05) is 6.08 Å². The molecule has 0 heterocycles. The highest BCUT2D eigenvalue weighted by atomic mass is 16.1. The first-order valence-electron chi connectivity index (χ1n) is 9.40. The fraction of sp³-hybridized carbons (Fsp3) is 0.750. The monoisotopic (exact) mass is 307 g/mol. The number of allylic oxidation sites excluding steroid dienone is 3. The van der Waals surface area contributed by atoms with E-state index in [9.17, 15) is 4.79 Å². The van der Waals surface area contributed by atoms with E-state index in [1.54, 1.807) is 6.08 Å². The lowest BCUT2D eigenvalue weighted by Crippen LogP contribution is -2.04. The first-order valence-corrected chi connectivity index (χ1v) is 9.40. The Morgan fingerprint density at radius 1 is 0.727 bits per heavy atom. The topological polar surface area (TPSA) is 43.1 Å². The lowest BCUT2D eigenvalue weighted by atomic mass is 10.0. The predicted molar refractivity (Wildman–Crippen MR) is 97.8 cm³/mol. The van der Waals surface area contributed by atoms with Crippen molar-refractivity contribution in [2.45, 2.75) is 96.8 Å². The van der Waals surface area contributed by atoms with Gasteiger partial charge in [-0.05, 0) is 12.8 Å². The lowest BCUT2D eigenvalue weighted by Gasteiger charge is -2.02. The molecule has 2 N–H and O–H groups in total. The van der Waals surface area contributed by atoms with Crippen LogP contribution in [0.5, 0.6) is 0 Å². The highest BCUT2D eigenvalue weighted by Gasteiger charge is 1.93. The van der Waals surface area contributed by atoms with Crippen molar-refractivity contribution >= 4 is 5.91 Å². The van der Waals surface area contributed by atoms with Gasteiger partial charge in [-0.3, -0.25) is 4.79 Å². The van der Waals surface area contributed by atoms with Crippen LogP contribution in [-0.4, -0.2) is 5.91 Å². The van der Waals surface area contributed by atoms with Gasteiger partial charge in [0.2, 0.25) is 5.91 Å². The van der Waals surface area contributed by atoms with Crippen molar-refractivity contribution in [1.29, 1.82) is 0 Å². The van der Waals surface area contributed by atoms with Crippen molar-refractivity contribution in [3.8, 4) is 0 Å². The highest BCUT2D eigenvalue weighted by molar-refractivity contribution is 5.85. The molecule has 0 aromatic heterocycles. The number of hydrogen-bond acceptors (Lipinski definition) is 1. The Labute approximate surface area is 138 Å². The van der Waals surface area contributed by atoms with Gasteiger partial charge >= 0.3 is 0 Å². The van der Waals surface area contributed by atoms with E-state index in [2.05, 4.69) is 13.0 Å². The Morgan fingerprint density at radius 2 is 1.18 bits per heavy atom. The van der Waals surface area contributed by atoms with E-state index in [0.717, 1.165) is 6.42 Å². The largest absolute Gasteiger partial charge is 0.366 e. The normalized spacial score (nSPS) is 11.7. The van der Waals surface area contributed by atoms with Crippen LogP contribution in [0.25, 0.3) is 0 Å². The number of amides is 1. The van der Waals surface area contributed by atoms with Crippen LogP contribution < -0.4 is 5.73 Å². The van der Waals surface area contributed by atoms with Crippen LogP contribution >= 0.6 is 0 Å². The third-order valence-corrected chi connectivity index (χ3v) is 3.98. The summed E-state index contributed by atoms with van der Waals surface area (Å²) in [6.45, 7) is 2.28. The standard InChI is InChI=1S/C20H37NO/c1-2-3-4-5-6-7-8-9-10-11-12-13-14-15-16-17-18-19-20(21)22/h16-19H,2-15H2,1H3,(H2,21,22)/b17-16+,19-18+. The minimum absolute atomic E-state index is 0.384. The van der Waals surface area contributed by atoms with E-state index in [-0.39, 0.29) is 5.91 Å². The molecule has 0 unspecified atom stereocenters. The van der Waals surface area contributed by atoms with E-state index in [1.807, 2.05) is 6.08 Å². The van der Waals surface area contributed by atoms with Crippen LogP contribution in [0.2, 0.25) is 0 Å². The number of hydrogen-bond donors (Lipinski definition) is 1. The van der Waals surface area contributed by atoms with Gasteiger partial charge in [-0.2, -0.15) is 0 Å². The molecule has 0 aliphatic carbocycles. The molecule has 2 heteroatoms. The number of primary amides is 1. The van der Waals surface area contributed by atoms with E-state index in [0.29, 0.717) is 0 Å². The molecule has 0 spiro atoms. The average molecular weight is 308 g/mol. The number of carbonyl (C=O) groups excluding carboxylic acids is 1. The number of rotatable bonds is 16. The average Bonchev–Trinajstić information content (AvgIpc) is 2.50. The lowest BCUT2D eigenvalue weighted by molar-refractivity contribution is -0.113. The molecule has 0 aromatic carbocycles. The van der Waals surface area contributed by atoms with Gasteiger partial charge in [-0.1, -0.05) is 102 Å². The second-order valence-electron chi connectivity index (χ2n) is 6.22. The summed E-state index contributed by atoms with van der Waals surface area (Å²) < 4.78 is 0. The molecule has 2 nitrogen and oxygen atoms in total. The summed E-state index contributed by atoms with van der Waals surface area (Å²) in [5.41, 5.74) is 5.00. The van der Waals surface area contributed by atoms with Gasteiger partial charge in [0.1, 0.15) is 0 Å². The first-order chi connectivity index (χ1) is 10.8. The molecule has 0 rings (SSSR count). The zero-order valence-electron chi connectivity index (χ0n) is 14.7. The second kappa shape index (κ2) is 18.0. The van der Waals surface area contributed by atoms with E-state index >= 15 is 0 Å². The zero-order valence-corrected chi connectivity index (χ0v) is 14.7. The van der Waals surface area contributed by atoms with Crippen molar-refractivity contribution in [2.24, 2.45) is 5.73 Å². The Kier molecular flexibility index (Phi) is 17.1. The molecule has 0 saturated heterocycles. The Balaban J connectivity index is 3.10. The quantitative estimate of drug-likeness (QED) is 0.210. The predicted octanol–water partition coefficient (Wildman–Crippen LogP) is 6.07. The summed E-state index contributed by atoms with van der Waals surface area (Å²) in [6, 6.07) is 0. The maximum absolute atomic E-state index is 10.5. The Morgan fingerprint density at radius 3 is 1.64 bits per heavy atom. The first kappa shape index (κ1) is 20.9. The van der Waals surface area contributed by atoms with E-state index < -0.39 is 0 Å². The summed E-state index contributed by atoms with van der Waals surface area (Å²) in [4.78, 5) is 10.5. The smallest absolute Gasteiger partial charge is 0.241 e. The highest BCUT2D eigenvalue weighted by Crippen LogP contribution is 2.12.